The largest absolute Gasteiger partial charge is 0.497 e. The molecule has 0 aliphatic rings. The van der Waals surface area contributed by atoms with Crippen molar-refractivity contribution in [3.8, 4) is 5.75 Å². The van der Waals surface area contributed by atoms with Crippen molar-refractivity contribution in [1.29, 1.82) is 0 Å². The lowest BCUT2D eigenvalue weighted by Gasteiger charge is -2.24. The van der Waals surface area contributed by atoms with E-state index in [4.69, 9.17) is 16.3 Å². The van der Waals surface area contributed by atoms with E-state index in [0.717, 1.165) is 15.1 Å². The molecule has 0 unspecified atom stereocenters. The highest BCUT2D eigenvalue weighted by molar-refractivity contribution is 7.93. The molecule has 220 valence electrons. The van der Waals surface area contributed by atoms with E-state index in [1.54, 1.807) is 24.3 Å². The molecule has 0 fully saturated rings. The molecular formula is C31H26ClN3O6S2. The summed E-state index contributed by atoms with van der Waals surface area (Å²) < 4.78 is 62.1. The number of nitrogens with one attached hydrogen (secondary N) is 2. The molecule has 2 N–H and O–H groups in total. The van der Waals surface area contributed by atoms with Gasteiger partial charge in [-0.2, -0.15) is 0 Å². The summed E-state index contributed by atoms with van der Waals surface area (Å²) in [5.74, 6) is -0.176. The van der Waals surface area contributed by atoms with Crippen molar-refractivity contribution in [2.24, 2.45) is 0 Å². The smallest absolute Gasteiger partial charge is 0.264 e. The third kappa shape index (κ3) is 6.75. The fourth-order valence-electron chi connectivity index (χ4n) is 4.39. The van der Waals surface area contributed by atoms with Gasteiger partial charge in [0.1, 0.15) is 12.3 Å². The van der Waals surface area contributed by atoms with Crippen LogP contribution in [0.5, 0.6) is 5.75 Å². The zero-order valence-corrected chi connectivity index (χ0v) is 25.2. The average Bonchev–Trinajstić information content (AvgIpc) is 3.00. The van der Waals surface area contributed by atoms with E-state index in [0.29, 0.717) is 16.5 Å². The van der Waals surface area contributed by atoms with Gasteiger partial charge in [0, 0.05) is 16.1 Å². The Balaban J connectivity index is 1.34. The van der Waals surface area contributed by atoms with Crippen LogP contribution in [0.2, 0.25) is 5.02 Å². The first kappa shape index (κ1) is 29.9. The van der Waals surface area contributed by atoms with E-state index < -0.39 is 32.5 Å². The Bertz CT molecular complexity index is 2000. The molecule has 9 nitrogen and oxygen atoms in total. The van der Waals surface area contributed by atoms with E-state index >= 15 is 0 Å². The predicted octanol–water partition coefficient (Wildman–Crippen LogP) is 6.14. The molecule has 43 heavy (non-hydrogen) atoms. The number of hydrogen-bond donors (Lipinski definition) is 2. The number of halogens is 1. The third-order valence-electron chi connectivity index (χ3n) is 6.51. The SMILES string of the molecule is COc1ccc(S(=O)(=O)N(CC(=O)Nc2ccc(S(=O)(=O)Nc3cccc4ccccc34)cc2)c2cccc(Cl)c2)cc1. The first-order valence-electron chi connectivity index (χ1n) is 12.9. The topological polar surface area (TPSA) is 122 Å². The molecule has 12 heteroatoms. The molecule has 5 aromatic carbocycles. The van der Waals surface area contributed by atoms with Crippen molar-refractivity contribution >= 4 is 65.4 Å². The van der Waals surface area contributed by atoms with Crippen molar-refractivity contribution in [2.75, 3.05) is 28.0 Å². The molecule has 0 aromatic heterocycles. The van der Waals surface area contributed by atoms with Gasteiger partial charge in [0.15, 0.2) is 0 Å². The van der Waals surface area contributed by atoms with Gasteiger partial charge in [0.05, 0.1) is 28.3 Å². The first-order valence-corrected chi connectivity index (χ1v) is 16.2. The van der Waals surface area contributed by atoms with E-state index in [9.17, 15) is 21.6 Å². The van der Waals surface area contributed by atoms with Gasteiger partial charge >= 0.3 is 0 Å². The van der Waals surface area contributed by atoms with Crippen molar-refractivity contribution in [3.05, 3.63) is 120 Å². The summed E-state index contributed by atoms with van der Waals surface area (Å²) in [5.41, 5.74) is 0.913. The van der Waals surface area contributed by atoms with Gasteiger partial charge < -0.3 is 10.1 Å². The minimum absolute atomic E-state index is 0.0129. The number of anilines is 3. The standard InChI is InChI=1S/C31H26ClN3O6S2/c1-41-26-14-18-28(19-15-26)43(39,40)35(25-9-5-8-23(32)20-25)21-31(36)33-24-12-16-27(17-13-24)42(37,38)34-30-11-4-7-22-6-2-3-10-29(22)30/h2-20,34H,21H2,1H3,(H,33,36). The highest BCUT2D eigenvalue weighted by Crippen LogP contribution is 2.28. The van der Waals surface area contributed by atoms with Crippen molar-refractivity contribution in [2.45, 2.75) is 9.79 Å². The second kappa shape index (κ2) is 12.3. The Kier molecular flexibility index (Phi) is 8.58. The van der Waals surface area contributed by atoms with E-state index in [-0.39, 0.29) is 21.2 Å². The molecular weight excluding hydrogens is 610 g/mol. The van der Waals surface area contributed by atoms with Crippen LogP contribution in [0.15, 0.2) is 125 Å². The highest BCUT2D eigenvalue weighted by atomic mass is 35.5. The number of rotatable bonds is 10. The second-order valence-corrected chi connectivity index (χ2v) is 13.4. The van der Waals surface area contributed by atoms with Gasteiger partial charge in [-0.25, -0.2) is 16.8 Å². The summed E-state index contributed by atoms with van der Waals surface area (Å²) in [7, 11) is -6.65. The summed E-state index contributed by atoms with van der Waals surface area (Å²) in [6, 6.07) is 30.2. The lowest BCUT2D eigenvalue weighted by molar-refractivity contribution is -0.114. The number of sulfonamides is 2. The van der Waals surface area contributed by atoms with Gasteiger partial charge in [0.2, 0.25) is 5.91 Å². The van der Waals surface area contributed by atoms with Crippen LogP contribution < -0.4 is 19.1 Å². The van der Waals surface area contributed by atoms with Crippen molar-refractivity contribution in [3.63, 3.8) is 0 Å². The average molecular weight is 636 g/mol. The Labute approximate surface area is 254 Å². The lowest BCUT2D eigenvalue weighted by Crippen LogP contribution is -2.38. The van der Waals surface area contributed by atoms with Gasteiger partial charge in [-0.3, -0.25) is 13.8 Å². The molecule has 0 bridgehead atoms. The summed E-state index contributed by atoms with van der Waals surface area (Å²) in [6.07, 6.45) is 0. The summed E-state index contributed by atoms with van der Waals surface area (Å²) in [5, 5.41) is 4.58. The summed E-state index contributed by atoms with van der Waals surface area (Å²) in [6.45, 7) is -0.572. The molecule has 1 amide bonds. The number of amides is 1. The normalized spacial score (nSPS) is 11.6. The number of methoxy groups -OCH3 is 1. The molecule has 0 radical (unpaired) electrons. The minimum atomic E-state index is -4.18. The number of hydrogen-bond acceptors (Lipinski definition) is 6. The zero-order valence-electron chi connectivity index (χ0n) is 22.8. The van der Waals surface area contributed by atoms with Crippen LogP contribution in [-0.4, -0.2) is 36.4 Å². The number of carbonyl (C=O) groups is 1. The molecule has 0 aliphatic carbocycles. The lowest BCUT2D eigenvalue weighted by atomic mass is 10.1. The Morgan fingerprint density at radius 3 is 2.14 bits per heavy atom. The van der Waals surface area contributed by atoms with Crippen LogP contribution in [-0.2, 0) is 24.8 Å². The molecule has 5 aromatic rings. The molecule has 5 rings (SSSR count). The Hall–Kier alpha value is -4.58. The maximum absolute atomic E-state index is 13.6. The van der Waals surface area contributed by atoms with Gasteiger partial charge in [0.25, 0.3) is 20.0 Å². The van der Waals surface area contributed by atoms with Gasteiger partial charge in [-0.15, -0.1) is 0 Å². The van der Waals surface area contributed by atoms with Crippen LogP contribution in [0.4, 0.5) is 17.1 Å². The molecule has 0 saturated carbocycles. The maximum atomic E-state index is 13.6. The number of fused-ring (bicyclic) bond motifs is 1. The van der Waals surface area contributed by atoms with Crippen molar-refractivity contribution < 1.29 is 26.4 Å². The van der Waals surface area contributed by atoms with Crippen LogP contribution in [0.1, 0.15) is 0 Å². The quantitative estimate of drug-likeness (QED) is 0.190. The monoisotopic (exact) mass is 635 g/mol. The van der Waals surface area contributed by atoms with Crippen LogP contribution in [0, 0.1) is 0 Å². The third-order valence-corrected chi connectivity index (χ3v) is 9.92. The Morgan fingerprint density at radius 2 is 1.44 bits per heavy atom. The number of benzene rings is 5. The van der Waals surface area contributed by atoms with E-state index in [2.05, 4.69) is 10.0 Å². The number of nitrogens with zero attached hydrogens (tertiary/aromatic N) is 1. The van der Waals surface area contributed by atoms with E-state index in [1.165, 1.54) is 67.8 Å². The fourth-order valence-corrected chi connectivity index (χ4v) is 7.06. The Morgan fingerprint density at radius 1 is 0.791 bits per heavy atom. The van der Waals surface area contributed by atoms with Crippen LogP contribution in [0.25, 0.3) is 10.8 Å². The zero-order chi connectivity index (χ0) is 30.6. The number of carbonyl (C=O) groups excluding carboxylic acids is 1. The second-order valence-electron chi connectivity index (χ2n) is 9.37. The highest BCUT2D eigenvalue weighted by Gasteiger charge is 2.28. The summed E-state index contributed by atoms with van der Waals surface area (Å²) in [4.78, 5) is 13.0. The number of ether oxygens (including phenoxy) is 1. The van der Waals surface area contributed by atoms with Crippen LogP contribution in [0.3, 0.4) is 0 Å². The predicted molar refractivity (Wildman–Crippen MR) is 169 cm³/mol. The molecule has 0 atom stereocenters. The summed E-state index contributed by atoms with van der Waals surface area (Å²) >= 11 is 6.13. The van der Waals surface area contributed by atoms with Gasteiger partial charge in [-0.1, -0.05) is 54.1 Å². The first-order chi connectivity index (χ1) is 20.6. The molecule has 0 aliphatic heterocycles. The van der Waals surface area contributed by atoms with Gasteiger partial charge in [-0.05, 0) is 78.2 Å². The molecule has 0 spiro atoms. The fraction of sp³-hybridized carbons (Fsp3) is 0.0645. The minimum Gasteiger partial charge on any atom is -0.497 e. The van der Waals surface area contributed by atoms with Crippen molar-refractivity contribution in [1.82, 2.24) is 0 Å². The maximum Gasteiger partial charge on any atom is 0.264 e. The van der Waals surface area contributed by atoms with Crippen LogP contribution >= 0.6 is 11.6 Å². The molecule has 0 heterocycles. The molecule has 0 saturated heterocycles. The van der Waals surface area contributed by atoms with E-state index in [1.807, 2.05) is 30.3 Å².